The highest BCUT2D eigenvalue weighted by Crippen LogP contribution is 2.15. The lowest BCUT2D eigenvalue weighted by molar-refractivity contribution is 0.0595. The molecule has 0 saturated heterocycles. The van der Waals surface area contributed by atoms with Crippen molar-refractivity contribution < 1.29 is 18.7 Å². The normalized spacial score (nSPS) is 9.64. The van der Waals surface area contributed by atoms with Crippen molar-refractivity contribution >= 4 is 22.8 Å². The molecule has 14 heavy (non-hydrogen) atoms. The van der Waals surface area contributed by atoms with Gasteiger partial charge in [-0.05, 0) is 23.7 Å². The molecule has 5 heteroatoms. The van der Waals surface area contributed by atoms with Crippen molar-refractivity contribution in [3.05, 3.63) is 35.1 Å². The summed E-state index contributed by atoms with van der Waals surface area (Å²) in [7, 11) is 1.12. The largest absolute Gasteiger partial charge is 0.465 e. The summed E-state index contributed by atoms with van der Waals surface area (Å²) in [5.41, 5.74) is -0.645. The van der Waals surface area contributed by atoms with Crippen molar-refractivity contribution in [2.45, 2.75) is 0 Å². The van der Waals surface area contributed by atoms with Gasteiger partial charge in [-0.3, -0.25) is 4.79 Å². The van der Waals surface area contributed by atoms with Crippen LogP contribution in [0, 0.1) is 5.82 Å². The molecule has 0 N–H and O–H groups in total. The number of esters is 1. The first kappa shape index (κ1) is 10.7. The monoisotopic (exact) mass is 216 g/mol. The van der Waals surface area contributed by atoms with Crippen LogP contribution < -0.4 is 0 Å². The number of hydrogen-bond donors (Lipinski definition) is 0. The van der Waals surface area contributed by atoms with E-state index < -0.39 is 17.0 Å². The van der Waals surface area contributed by atoms with Gasteiger partial charge in [0.1, 0.15) is 5.82 Å². The topological polar surface area (TPSA) is 43.4 Å². The molecular weight excluding hydrogens is 211 g/mol. The fourth-order valence-electron chi connectivity index (χ4n) is 0.951. The van der Waals surface area contributed by atoms with Crippen LogP contribution in [0.25, 0.3) is 0 Å². The number of ether oxygens (including phenoxy) is 1. The maximum Gasteiger partial charge on any atom is 0.340 e. The van der Waals surface area contributed by atoms with Gasteiger partial charge in [0.15, 0.2) is 0 Å². The summed E-state index contributed by atoms with van der Waals surface area (Å²) >= 11 is 5.10. The Kier molecular flexibility index (Phi) is 3.19. The van der Waals surface area contributed by atoms with Crippen LogP contribution in [0.4, 0.5) is 4.39 Å². The Morgan fingerprint density at radius 1 is 1.36 bits per heavy atom. The fourth-order valence-corrected chi connectivity index (χ4v) is 1.10. The molecule has 3 nitrogen and oxygen atoms in total. The summed E-state index contributed by atoms with van der Waals surface area (Å²) in [6.07, 6.45) is 0. The van der Waals surface area contributed by atoms with Gasteiger partial charge in [-0.1, -0.05) is 6.07 Å². The molecule has 0 aliphatic carbocycles. The molecule has 0 heterocycles. The summed E-state index contributed by atoms with van der Waals surface area (Å²) in [6, 6.07) is 3.76. The van der Waals surface area contributed by atoms with Crippen molar-refractivity contribution in [2.24, 2.45) is 0 Å². The Morgan fingerprint density at radius 2 is 1.93 bits per heavy atom. The zero-order valence-corrected chi connectivity index (χ0v) is 7.97. The number of carbonyl (C=O) groups is 2. The van der Waals surface area contributed by atoms with E-state index in [1.165, 1.54) is 18.2 Å². The Balaban J connectivity index is 3.27. The van der Waals surface area contributed by atoms with Crippen molar-refractivity contribution in [3.63, 3.8) is 0 Å². The molecule has 1 aromatic rings. The van der Waals surface area contributed by atoms with Crippen LogP contribution in [0.1, 0.15) is 20.7 Å². The van der Waals surface area contributed by atoms with E-state index >= 15 is 0 Å². The fraction of sp³-hybridized carbons (Fsp3) is 0.111. The number of rotatable bonds is 2. The van der Waals surface area contributed by atoms with E-state index in [9.17, 15) is 14.0 Å². The molecule has 0 atom stereocenters. The number of halogens is 2. The molecule has 74 valence electrons. The average Bonchev–Trinajstić information content (AvgIpc) is 2.16. The second-order valence-corrected chi connectivity index (χ2v) is 2.78. The summed E-state index contributed by atoms with van der Waals surface area (Å²) in [6.45, 7) is 0. The molecule has 0 aliphatic rings. The number of methoxy groups -OCH3 is 1. The molecule has 0 aliphatic heterocycles. The van der Waals surface area contributed by atoms with Gasteiger partial charge < -0.3 is 4.74 Å². The molecule has 0 unspecified atom stereocenters. The maximum atomic E-state index is 13.4. The van der Waals surface area contributed by atoms with E-state index in [2.05, 4.69) is 4.74 Å². The summed E-state index contributed by atoms with van der Waals surface area (Å²) in [4.78, 5) is 21.7. The molecule has 0 saturated carbocycles. The molecule has 0 fully saturated rings. The first-order valence-electron chi connectivity index (χ1n) is 3.64. The predicted octanol–water partition coefficient (Wildman–Crippen LogP) is 1.99. The van der Waals surface area contributed by atoms with Crippen LogP contribution in [0.3, 0.4) is 0 Å². The van der Waals surface area contributed by atoms with Crippen LogP contribution in [-0.2, 0) is 4.74 Å². The molecule has 1 aromatic carbocycles. The van der Waals surface area contributed by atoms with Crippen LogP contribution in [0.15, 0.2) is 18.2 Å². The first-order valence-corrected chi connectivity index (χ1v) is 4.02. The van der Waals surface area contributed by atoms with Crippen LogP contribution in [0.5, 0.6) is 0 Å². The van der Waals surface area contributed by atoms with Gasteiger partial charge in [-0.2, -0.15) is 0 Å². The Hall–Kier alpha value is -1.42. The summed E-state index contributed by atoms with van der Waals surface area (Å²) in [5, 5.41) is -0.951. The van der Waals surface area contributed by atoms with Crippen molar-refractivity contribution in [1.82, 2.24) is 0 Å². The first-order chi connectivity index (χ1) is 6.57. The smallest absolute Gasteiger partial charge is 0.340 e. The van der Waals surface area contributed by atoms with Crippen molar-refractivity contribution in [3.8, 4) is 0 Å². The Labute approximate surface area is 84.4 Å². The molecule has 0 aromatic heterocycles. The third-order valence-corrected chi connectivity index (χ3v) is 1.82. The molecule has 0 bridgehead atoms. The minimum atomic E-state index is -0.959. The van der Waals surface area contributed by atoms with Gasteiger partial charge >= 0.3 is 5.97 Å². The summed E-state index contributed by atoms with van der Waals surface area (Å²) < 4.78 is 17.7. The highest BCUT2D eigenvalue weighted by molar-refractivity contribution is 6.67. The van der Waals surface area contributed by atoms with E-state index in [1.807, 2.05) is 0 Å². The van der Waals surface area contributed by atoms with Crippen molar-refractivity contribution in [2.75, 3.05) is 7.11 Å². The standard InChI is InChI=1S/C9H6ClFO3/c1-14-9(13)6-4-2-3-5(7(6)11)8(10)12/h2-4H,1H3. The van der Waals surface area contributed by atoms with E-state index in [1.54, 1.807) is 0 Å². The molecule has 0 spiro atoms. The second kappa shape index (κ2) is 4.19. The molecule has 0 amide bonds. The second-order valence-electron chi connectivity index (χ2n) is 2.43. The van der Waals surface area contributed by atoms with E-state index in [0.29, 0.717) is 0 Å². The number of carbonyl (C=O) groups excluding carboxylic acids is 2. The van der Waals surface area contributed by atoms with E-state index in [-0.39, 0.29) is 11.1 Å². The predicted molar refractivity (Wildman–Crippen MR) is 47.9 cm³/mol. The third kappa shape index (κ3) is 1.90. The quantitative estimate of drug-likeness (QED) is 0.561. The third-order valence-electron chi connectivity index (χ3n) is 1.62. The molecular formula is C9H6ClFO3. The SMILES string of the molecule is COC(=O)c1cccc(C(=O)Cl)c1F. The average molecular weight is 217 g/mol. The minimum absolute atomic E-state index is 0.306. The van der Waals surface area contributed by atoms with E-state index in [4.69, 9.17) is 11.6 Å². The lowest BCUT2D eigenvalue weighted by Crippen LogP contribution is -2.07. The minimum Gasteiger partial charge on any atom is -0.465 e. The van der Waals surface area contributed by atoms with Gasteiger partial charge in [-0.15, -0.1) is 0 Å². The van der Waals surface area contributed by atoms with Gasteiger partial charge in [0.2, 0.25) is 0 Å². The molecule has 0 radical (unpaired) electrons. The lowest BCUT2D eigenvalue weighted by atomic mass is 10.1. The maximum absolute atomic E-state index is 13.4. The van der Waals surface area contributed by atoms with Crippen LogP contribution >= 0.6 is 11.6 Å². The molecule has 1 rings (SSSR count). The summed E-state index contributed by atoms with van der Waals surface area (Å²) in [5.74, 6) is -1.80. The highest BCUT2D eigenvalue weighted by atomic mass is 35.5. The lowest BCUT2D eigenvalue weighted by Gasteiger charge is -2.02. The zero-order chi connectivity index (χ0) is 10.7. The Morgan fingerprint density at radius 3 is 2.43 bits per heavy atom. The van der Waals surface area contributed by atoms with Crippen LogP contribution in [0.2, 0.25) is 0 Å². The highest BCUT2D eigenvalue weighted by Gasteiger charge is 2.17. The van der Waals surface area contributed by atoms with E-state index in [0.717, 1.165) is 7.11 Å². The van der Waals surface area contributed by atoms with Gasteiger partial charge in [0.05, 0.1) is 18.2 Å². The zero-order valence-electron chi connectivity index (χ0n) is 7.21. The van der Waals surface area contributed by atoms with Crippen molar-refractivity contribution in [1.29, 1.82) is 0 Å². The Bertz CT molecular complexity index is 390. The number of benzene rings is 1. The van der Waals surface area contributed by atoms with Gasteiger partial charge in [0.25, 0.3) is 5.24 Å². The number of hydrogen-bond acceptors (Lipinski definition) is 3. The van der Waals surface area contributed by atoms with Crippen LogP contribution in [-0.4, -0.2) is 18.3 Å². The van der Waals surface area contributed by atoms with Gasteiger partial charge in [-0.25, -0.2) is 9.18 Å². The van der Waals surface area contributed by atoms with Gasteiger partial charge in [0, 0.05) is 0 Å².